The minimum absolute atomic E-state index is 0.0906. The van der Waals surface area contributed by atoms with Gasteiger partial charge in [-0.25, -0.2) is 39.9 Å². The number of thiazole rings is 4. The van der Waals surface area contributed by atoms with E-state index in [1.54, 1.807) is 66.3 Å². The van der Waals surface area contributed by atoms with Crippen molar-refractivity contribution in [3.05, 3.63) is 114 Å². The van der Waals surface area contributed by atoms with Crippen molar-refractivity contribution in [1.82, 2.24) is 80.7 Å². The van der Waals surface area contributed by atoms with E-state index < -0.39 is 40.1 Å². The molecule has 8 amide bonds. The first-order chi connectivity index (χ1) is 64.9. The van der Waals surface area contributed by atoms with E-state index in [1.165, 1.54) is 96.7 Å². The molecule has 0 bridgehead atoms. The molecule has 0 unspecified atom stereocenters. The van der Waals surface area contributed by atoms with Crippen molar-refractivity contribution in [3.63, 3.8) is 0 Å². The number of rotatable bonds is 31. The number of nitrogens with one attached hydrogen (secondary N) is 8. The van der Waals surface area contributed by atoms with Gasteiger partial charge in [0.05, 0.1) is 41.9 Å². The maximum Gasteiger partial charge on any atom is 0.280 e. The Kier molecular flexibility index (Phi) is 32.8. The summed E-state index contributed by atoms with van der Waals surface area (Å²) in [4.78, 5) is 152. The van der Waals surface area contributed by atoms with Gasteiger partial charge in [0.25, 0.3) is 47.3 Å². The second kappa shape index (κ2) is 43.8. The number of anilines is 4. The normalized spacial score (nSPS) is 19.9. The minimum atomic E-state index is -1.04. The van der Waals surface area contributed by atoms with Crippen LogP contribution in [-0.2, 0) is 0 Å². The van der Waals surface area contributed by atoms with Crippen LogP contribution in [0.4, 0.5) is 23.3 Å². The third kappa shape index (κ3) is 26.5. The van der Waals surface area contributed by atoms with Gasteiger partial charge in [0.2, 0.25) is 0 Å². The van der Waals surface area contributed by atoms with Crippen LogP contribution in [0.2, 0.25) is 0 Å². The number of likely N-dealkylation sites (tertiary alicyclic amines) is 4. The van der Waals surface area contributed by atoms with Gasteiger partial charge < -0.3 is 82.6 Å². The zero-order chi connectivity index (χ0) is 98.4. The summed E-state index contributed by atoms with van der Waals surface area (Å²) in [5, 5.41) is 66.1. The number of carbonyl (C=O) groups is 8. The summed E-state index contributed by atoms with van der Waals surface area (Å²) in [6, 6.07) is 10.2. The van der Waals surface area contributed by atoms with E-state index in [2.05, 4.69) is 110 Å². The smallest absolute Gasteiger partial charge is 0.280 e. The third-order valence-corrected chi connectivity index (χ3v) is 31.9. The van der Waals surface area contributed by atoms with Gasteiger partial charge in [-0.3, -0.25) is 38.4 Å². The van der Waals surface area contributed by atoms with Gasteiger partial charge in [-0.1, -0.05) is 12.8 Å². The Balaban J connectivity index is 0.000000146. The number of aliphatic hydroxyl groups is 4. The monoisotopic (exact) mass is 1950 g/mol. The minimum Gasteiger partial charge on any atom is -0.389 e. The number of amides is 8. The lowest BCUT2D eigenvalue weighted by atomic mass is 9.80. The third-order valence-electron chi connectivity index (χ3n) is 27.5. The van der Waals surface area contributed by atoms with Crippen molar-refractivity contribution in [1.29, 1.82) is 0 Å². The molecule has 4 aliphatic heterocycles. The Morgan fingerprint density at radius 1 is 0.380 bits per heavy atom. The first-order valence-electron chi connectivity index (χ1n) is 49.2. The lowest BCUT2D eigenvalue weighted by Gasteiger charge is -2.36. The summed E-state index contributed by atoms with van der Waals surface area (Å²) >= 11 is 4.81. The van der Waals surface area contributed by atoms with Crippen molar-refractivity contribution < 1.29 is 58.8 Å². The summed E-state index contributed by atoms with van der Waals surface area (Å²) in [5.74, 6) is 3.28. The molecule has 5 saturated carbocycles. The quantitative estimate of drug-likeness (QED) is 0.0192. The van der Waals surface area contributed by atoms with E-state index in [1.807, 2.05) is 92.3 Å². The predicted molar refractivity (Wildman–Crippen MR) is 540 cm³/mol. The molecule has 12 N–H and O–H groups in total. The summed E-state index contributed by atoms with van der Waals surface area (Å²) in [7, 11) is 0. The highest BCUT2D eigenvalue weighted by molar-refractivity contribution is 7.18. The molecule has 9 fully saturated rings. The molecule has 4 saturated heterocycles. The largest absolute Gasteiger partial charge is 0.389 e. The molecule has 5 aliphatic carbocycles. The summed E-state index contributed by atoms with van der Waals surface area (Å²) in [6.07, 6.45) is 29.5. The summed E-state index contributed by atoms with van der Waals surface area (Å²) in [5.41, 5.74) is 4.40. The van der Waals surface area contributed by atoms with E-state index in [9.17, 15) is 58.8 Å². The van der Waals surface area contributed by atoms with Gasteiger partial charge in [-0.15, -0.1) is 45.3 Å². The molecule has 12 heterocycles. The first-order valence-corrected chi connectivity index (χ1v) is 52.4. The molecule has 32 nitrogen and oxygen atoms in total. The van der Waals surface area contributed by atoms with Crippen molar-refractivity contribution >= 4 is 116 Å². The number of aryl methyl sites for hydroxylation is 4. The van der Waals surface area contributed by atoms with E-state index >= 15 is 0 Å². The number of aromatic nitrogens is 8. The number of pyridine rings is 4. The molecule has 17 rings (SSSR count). The SMILES string of the molecule is Cc1cc(NC2CCCC2)ncc1-c1sc(C(=O)NCC(C)(C)O)nc1C(=O)N1CCC[C@@H]1C.Cc1cc(N[C@@H](C)C2CC2)ncc1-c1sc(C(=O)NCC(C)(C)O)nc1C(=O)N1CCC[C@@H]1C.Cc1cc(N[C@@H](C)C2CC2)ncc1-c1sc(C(=O)NCC2(O)CCC2)nc1C(=O)N1CCC[C@@H]1C.Cc1cc(N[C@H](C)C2CC2)ncc1-c1sc(C(=O)NCC(C)(C)O)nc1C(=O)N1CCC[C@@H]1C. The fraction of sp³-hybridized carbons (Fsp3) is 0.604. The second-order valence-corrected chi connectivity index (χ2v) is 45.5. The Bertz CT molecular complexity index is 5310. The fourth-order valence-electron chi connectivity index (χ4n) is 18.3. The van der Waals surface area contributed by atoms with E-state index in [0.29, 0.717) is 123 Å². The van der Waals surface area contributed by atoms with Gasteiger partial charge >= 0.3 is 0 Å². The molecule has 36 heteroatoms. The van der Waals surface area contributed by atoms with Crippen LogP contribution in [0.3, 0.4) is 0 Å². The molecule has 740 valence electrons. The van der Waals surface area contributed by atoms with Gasteiger partial charge in [-0.05, 0) is 304 Å². The predicted octanol–water partition coefficient (Wildman–Crippen LogP) is 15.7. The van der Waals surface area contributed by atoms with E-state index in [4.69, 9.17) is 0 Å². The number of hydrogen-bond acceptors (Lipinski definition) is 28. The maximum atomic E-state index is 13.5. The molecule has 8 aromatic heterocycles. The number of carbonyl (C=O) groups excluding carboxylic acids is 8. The van der Waals surface area contributed by atoms with Crippen LogP contribution in [0.1, 0.15) is 328 Å². The molecule has 8 aromatic rings. The molecule has 0 aromatic carbocycles. The summed E-state index contributed by atoms with van der Waals surface area (Å²) < 4.78 is 0. The highest BCUT2D eigenvalue weighted by Crippen LogP contribution is 2.44. The zero-order valence-electron chi connectivity index (χ0n) is 82.5. The molecule has 0 radical (unpaired) electrons. The van der Waals surface area contributed by atoms with Crippen LogP contribution in [-0.4, -0.2) is 250 Å². The molecule has 7 atom stereocenters. The number of nitrogens with zero attached hydrogens (tertiary/aromatic N) is 12. The van der Waals surface area contributed by atoms with Crippen LogP contribution in [0.15, 0.2) is 49.1 Å². The standard InChI is InChI=1S/C26H35N5O3S.3C25H35N5O3S/c1-15-12-20(29-17(3)18-7-8-18)27-13-19(15)22-21(25(33)31-11-4-6-16(31)2)30-24(35-22)23(32)28-14-26(34)9-5-10-26;2*1-14-11-19(28-16(3)17-8-9-17)26-12-18(14)21-20(24(32)30-10-6-7-15(30)2)29-23(34-21)22(31)27-13-25(4,5)33;1-15-12-19(28-17-9-5-6-10-17)26-13-18(15)21-20(24(32)30-11-7-8-16(30)2)29-23(34-21)22(31)27-14-25(3,4)33/h12-13,16-18,34H,4-11,14H2,1-3H3,(H,27,29)(H,28,32);2*11-12,15-17,33H,6-10,13H2,1-5H3,(H,26,28)(H,27,31);12-13,16-17,33H,5-11,14H2,1-4H3,(H,26,28)(H,27,31)/t16-,17-;15-,16+;15-,16-;16-/m0000/s1. The molecule has 0 spiro atoms. The van der Waals surface area contributed by atoms with Gasteiger partial charge in [0, 0.05) is 148 Å². The number of hydrogen-bond donors (Lipinski definition) is 12. The van der Waals surface area contributed by atoms with Crippen LogP contribution in [0.5, 0.6) is 0 Å². The molecular formula is C101H140N20O12S4. The Morgan fingerprint density at radius 2 is 0.635 bits per heavy atom. The highest BCUT2D eigenvalue weighted by atomic mass is 32.1. The van der Waals surface area contributed by atoms with Crippen LogP contribution in [0, 0.1) is 45.4 Å². The molecular weight excluding hydrogens is 1810 g/mol. The Labute approximate surface area is 820 Å². The van der Waals surface area contributed by atoms with Crippen LogP contribution < -0.4 is 42.5 Å². The summed E-state index contributed by atoms with van der Waals surface area (Å²) in [6.45, 7) is 35.7. The topological polar surface area (TPSA) is 430 Å². The fourth-order valence-corrected chi connectivity index (χ4v) is 22.5. The average Bonchev–Trinajstić information content (AvgIpc) is 1.64. The van der Waals surface area contributed by atoms with Crippen LogP contribution >= 0.6 is 45.3 Å². The average molecular weight is 1950 g/mol. The van der Waals surface area contributed by atoms with Crippen molar-refractivity contribution in [2.45, 2.75) is 323 Å². The lowest BCUT2D eigenvalue weighted by molar-refractivity contribution is -0.0300. The zero-order valence-corrected chi connectivity index (χ0v) is 85.8. The second-order valence-electron chi connectivity index (χ2n) is 41.5. The van der Waals surface area contributed by atoms with Gasteiger partial charge in [0.15, 0.2) is 20.0 Å². The Morgan fingerprint density at radius 3 is 0.861 bits per heavy atom. The van der Waals surface area contributed by atoms with Gasteiger partial charge in [-0.2, -0.15) is 0 Å². The van der Waals surface area contributed by atoms with Crippen molar-refractivity contribution in [2.75, 3.05) is 73.6 Å². The van der Waals surface area contributed by atoms with Crippen molar-refractivity contribution in [2.24, 2.45) is 17.8 Å². The van der Waals surface area contributed by atoms with E-state index in [-0.39, 0.29) is 99.9 Å². The maximum absolute atomic E-state index is 13.5. The van der Waals surface area contributed by atoms with E-state index in [0.717, 1.165) is 138 Å². The van der Waals surface area contributed by atoms with Crippen LogP contribution in [0.25, 0.3) is 41.8 Å². The molecule has 9 aliphatic rings. The highest BCUT2D eigenvalue weighted by Gasteiger charge is 2.41. The molecule has 137 heavy (non-hydrogen) atoms. The lowest BCUT2D eigenvalue weighted by Crippen LogP contribution is -2.47. The first kappa shape index (κ1) is 103. The van der Waals surface area contributed by atoms with Crippen molar-refractivity contribution in [3.8, 4) is 41.8 Å². The Hall–Kier alpha value is -10.1. The van der Waals surface area contributed by atoms with Gasteiger partial charge in [0.1, 0.15) is 46.0 Å².